The molecule has 0 aliphatic heterocycles. The van der Waals surface area contributed by atoms with Crippen molar-refractivity contribution in [3.63, 3.8) is 0 Å². The molecule has 2 N–H and O–H groups in total. The summed E-state index contributed by atoms with van der Waals surface area (Å²) < 4.78 is 0. The zero-order valence-corrected chi connectivity index (χ0v) is 10.4. The molecule has 2 aromatic carbocycles. The molecule has 0 bridgehead atoms. The Morgan fingerprint density at radius 3 is 2.35 bits per heavy atom. The third-order valence-corrected chi connectivity index (χ3v) is 2.37. The number of benzene rings is 2. The van der Waals surface area contributed by atoms with Gasteiger partial charge in [0.05, 0.1) is 0 Å². The molecule has 0 aliphatic carbocycles. The molecule has 0 saturated carbocycles. The van der Waals surface area contributed by atoms with Crippen molar-refractivity contribution in [2.45, 2.75) is 26.3 Å². The van der Waals surface area contributed by atoms with Crippen molar-refractivity contribution in [3.8, 4) is 0 Å². The molecule has 17 heavy (non-hydrogen) atoms. The van der Waals surface area contributed by atoms with Crippen LogP contribution in [0.15, 0.2) is 42.5 Å². The minimum Gasteiger partial charge on any atom is -0.328 e. The quantitative estimate of drug-likeness (QED) is 0.804. The van der Waals surface area contributed by atoms with Crippen LogP contribution in [0.4, 0.5) is 0 Å². The number of aldehydes is 1. The molecule has 1 unspecified atom stereocenters. The van der Waals surface area contributed by atoms with Gasteiger partial charge in [0.2, 0.25) is 0 Å². The van der Waals surface area contributed by atoms with E-state index >= 15 is 0 Å². The number of fused-ring (bicyclic) bond motifs is 1. The number of carbonyl (C=O) groups is 1. The van der Waals surface area contributed by atoms with Crippen molar-refractivity contribution in [1.29, 1.82) is 0 Å². The number of hydrogen-bond donors (Lipinski definition) is 1. The molecule has 90 valence electrons. The third kappa shape index (κ3) is 4.37. The van der Waals surface area contributed by atoms with E-state index in [-0.39, 0.29) is 6.04 Å². The van der Waals surface area contributed by atoms with Crippen molar-refractivity contribution in [2.75, 3.05) is 0 Å². The lowest BCUT2D eigenvalue weighted by Crippen LogP contribution is -2.17. The fourth-order valence-corrected chi connectivity index (χ4v) is 1.74. The Morgan fingerprint density at radius 1 is 1.18 bits per heavy atom. The molecular formula is C15H19NO. The monoisotopic (exact) mass is 229 g/mol. The van der Waals surface area contributed by atoms with Gasteiger partial charge in [0, 0.05) is 6.04 Å². The van der Waals surface area contributed by atoms with E-state index in [1.165, 1.54) is 23.3 Å². The Hall–Kier alpha value is -1.67. The van der Waals surface area contributed by atoms with Gasteiger partial charge in [-0.15, -0.1) is 0 Å². The summed E-state index contributed by atoms with van der Waals surface area (Å²) in [5, 5.41) is 2.59. The van der Waals surface area contributed by atoms with Gasteiger partial charge >= 0.3 is 0 Å². The fraction of sp³-hybridized carbons (Fsp3) is 0.267. The number of nitrogens with two attached hydrogens (primary N) is 1. The second-order valence-corrected chi connectivity index (χ2v) is 4.10. The molecule has 0 aromatic heterocycles. The molecule has 0 heterocycles. The smallest absolute Gasteiger partial charge is 0.116 e. The van der Waals surface area contributed by atoms with E-state index in [0.29, 0.717) is 0 Å². The predicted octanol–water partition coefficient (Wildman–Crippen LogP) is 2.93. The van der Waals surface area contributed by atoms with Gasteiger partial charge in [0.25, 0.3) is 0 Å². The number of carbonyl (C=O) groups excluding carboxylic acids is 1. The average Bonchev–Trinajstić information content (AvgIpc) is 2.29. The van der Waals surface area contributed by atoms with Crippen LogP contribution in [0.3, 0.4) is 0 Å². The molecule has 0 fully saturated rings. The SMILES string of the molecule is CC(N)Cc1ccc2ccccc2c1.CC=O. The van der Waals surface area contributed by atoms with Crippen molar-refractivity contribution in [3.05, 3.63) is 48.0 Å². The van der Waals surface area contributed by atoms with E-state index < -0.39 is 0 Å². The maximum atomic E-state index is 8.81. The largest absolute Gasteiger partial charge is 0.328 e. The van der Waals surface area contributed by atoms with Crippen LogP contribution in [0.25, 0.3) is 10.8 Å². The normalized spacial score (nSPS) is 11.5. The van der Waals surface area contributed by atoms with E-state index in [1.54, 1.807) is 0 Å². The summed E-state index contributed by atoms with van der Waals surface area (Å²) in [7, 11) is 0. The van der Waals surface area contributed by atoms with Crippen LogP contribution in [-0.4, -0.2) is 12.3 Å². The zero-order valence-electron chi connectivity index (χ0n) is 10.4. The van der Waals surface area contributed by atoms with Crippen molar-refractivity contribution >= 4 is 17.1 Å². The first kappa shape index (κ1) is 13.4. The van der Waals surface area contributed by atoms with Crippen molar-refractivity contribution in [1.82, 2.24) is 0 Å². The summed E-state index contributed by atoms with van der Waals surface area (Å²) in [5.74, 6) is 0. The number of hydrogen-bond acceptors (Lipinski definition) is 2. The van der Waals surface area contributed by atoms with E-state index in [9.17, 15) is 0 Å². The molecule has 0 spiro atoms. The van der Waals surface area contributed by atoms with Gasteiger partial charge in [-0.1, -0.05) is 42.5 Å². The fourth-order valence-electron chi connectivity index (χ4n) is 1.74. The highest BCUT2D eigenvalue weighted by Gasteiger charge is 1.98. The first-order valence-electron chi connectivity index (χ1n) is 5.80. The molecule has 0 saturated heterocycles. The van der Waals surface area contributed by atoms with E-state index in [0.717, 1.165) is 12.7 Å². The van der Waals surface area contributed by atoms with E-state index in [1.807, 2.05) is 6.92 Å². The van der Waals surface area contributed by atoms with Gasteiger partial charge in [0.1, 0.15) is 6.29 Å². The van der Waals surface area contributed by atoms with Crippen LogP contribution in [0, 0.1) is 0 Å². The summed E-state index contributed by atoms with van der Waals surface area (Å²) in [6.45, 7) is 3.48. The molecule has 0 amide bonds. The summed E-state index contributed by atoms with van der Waals surface area (Å²) in [6.07, 6.45) is 1.70. The van der Waals surface area contributed by atoms with Crippen LogP contribution < -0.4 is 5.73 Å². The second kappa shape index (κ2) is 6.81. The van der Waals surface area contributed by atoms with Gasteiger partial charge in [-0.2, -0.15) is 0 Å². The summed E-state index contributed by atoms with van der Waals surface area (Å²) in [5.41, 5.74) is 7.09. The molecule has 0 radical (unpaired) electrons. The van der Waals surface area contributed by atoms with Crippen molar-refractivity contribution in [2.24, 2.45) is 5.73 Å². The molecule has 2 aromatic rings. The average molecular weight is 229 g/mol. The van der Waals surface area contributed by atoms with Crippen molar-refractivity contribution < 1.29 is 4.79 Å². The minimum atomic E-state index is 0.233. The molecule has 0 aliphatic rings. The lowest BCUT2D eigenvalue weighted by molar-refractivity contribution is -0.106. The van der Waals surface area contributed by atoms with Gasteiger partial charge < -0.3 is 10.5 Å². The predicted molar refractivity (Wildman–Crippen MR) is 73.0 cm³/mol. The maximum absolute atomic E-state index is 8.81. The number of rotatable bonds is 2. The van der Waals surface area contributed by atoms with Crippen LogP contribution in [0.2, 0.25) is 0 Å². The van der Waals surface area contributed by atoms with Crippen LogP contribution in [-0.2, 0) is 11.2 Å². The highest BCUT2D eigenvalue weighted by Crippen LogP contribution is 2.16. The Labute approximate surface area is 102 Å². The third-order valence-electron chi connectivity index (χ3n) is 2.37. The Bertz CT molecular complexity index is 477. The Morgan fingerprint density at radius 2 is 1.76 bits per heavy atom. The van der Waals surface area contributed by atoms with Gasteiger partial charge in [-0.25, -0.2) is 0 Å². The van der Waals surface area contributed by atoms with Crippen LogP contribution in [0.1, 0.15) is 19.4 Å². The Kier molecular flexibility index (Phi) is 5.37. The minimum absolute atomic E-state index is 0.233. The van der Waals surface area contributed by atoms with E-state index in [2.05, 4.69) is 42.5 Å². The first-order valence-corrected chi connectivity index (χ1v) is 5.80. The molecule has 1 atom stereocenters. The molecular weight excluding hydrogens is 210 g/mol. The van der Waals surface area contributed by atoms with Gasteiger partial charge in [0.15, 0.2) is 0 Å². The molecule has 2 nitrogen and oxygen atoms in total. The topological polar surface area (TPSA) is 43.1 Å². The first-order chi connectivity index (χ1) is 8.17. The highest BCUT2D eigenvalue weighted by atomic mass is 16.1. The maximum Gasteiger partial charge on any atom is 0.116 e. The molecule has 2 rings (SSSR count). The lowest BCUT2D eigenvalue weighted by Gasteiger charge is -2.06. The van der Waals surface area contributed by atoms with E-state index in [4.69, 9.17) is 10.5 Å². The van der Waals surface area contributed by atoms with Gasteiger partial charge in [-0.3, -0.25) is 0 Å². The van der Waals surface area contributed by atoms with Gasteiger partial charge in [-0.05, 0) is 36.6 Å². The summed E-state index contributed by atoms with van der Waals surface area (Å²) in [4.78, 5) is 8.81. The summed E-state index contributed by atoms with van der Waals surface area (Å²) >= 11 is 0. The lowest BCUT2D eigenvalue weighted by atomic mass is 10.0. The van der Waals surface area contributed by atoms with Crippen LogP contribution in [0.5, 0.6) is 0 Å². The standard InChI is InChI=1S/C13H15N.C2H4O/c1-10(14)8-11-6-7-12-4-2-3-5-13(12)9-11;1-2-3/h2-7,9-10H,8,14H2,1H3;2H,1H3. The zero-order chi connectivity index (χ0) is 12.7. The molecule has 2 heteroatoms. The highest BCUT2D eigenvalue weighted by molar-refractivity contribution is 5.82. The van der Waals surface area contributed by atoms with Crippen LogP contribution >= 0.6 is 0 Å². The Balaban J connectivity index is 0.000000437. The summed E-state index contributed by atoms with van der Waals surface area (Å²) in [6, 6.07) is 15.2. The second-order valence-electron chi connectivity index (χ2n) is 4.10.